The lowest BCUT2D eigenvalue weighted by atomic mass is 10.1. The molecule has 0 radical (unpaired) electrons. The lowest BCUT2D eigenvalue weighted by Gasteiger charge is -2.24. The lowest BCUT2D eigenvalue weighted by Crippen LogP contribution is -2.34. The second-order valence-electron chi connectivity index (χ2n) is 5.51. The number of likely N-dealkylation sites (tertiary alicyclic amines) is 1. The molecule has 2 saturated heterocycles. The zero-order chi connectivity index (χ0) is 12.4. The summed E-state index contributed by atoms with van der Waals surface area (Å²) >= 11 is 0. The zero-order valence-electron chi connectivity index (χ0n) is 11.5. The molecule has 3 nitrogen and oxygen atoms in total. The summed E-state index contributed by atoms with van der Waals surface area (Å²) < 4.78 is 5.20. The van der Waals surface area contributed by atoms with Crippen molar-refractivity contribution in [1.82, 2.24) is 10.2 Å². The van der Waals surface area contributed by atoms with Gasteiger partial charge in [0.1, 0.15) is 5.75 Å². The van der Waals surface area contributed by atoms with Gasteiger partial charge in [-0.3, -0.25) is 4.90 Å². The average molecular weight is 283 g/mol. The van der Waals surface area contributed by atoms with E-state index in [0.717, 1.165) is 24.4 Å². The van der Waals surface area contributed by atoms with Gasteiger partial charge in [-0.25, -0.2) is 0 Å². The molecular formula is C15H23ClN2O. The van der Waals surface area contributed by atoms with Gasteiger partial charge in [-0.2, -0.15) is 0 Å². The Morgan fingerprint density at radius 2 is 1.89 bits per heavy atom. The quantitative estimate of drug-likeness (QED) is 0.922. The van der Waals surface area contributed by atoms with Crippen molar-refractivity contribution in [3.8, 4) is 5.75 Å². The summed E-state index contributed by atoms with van der Waals surface area (Å²) in [5.41, 5.74) is 1.38. The van der Waals surface area contributed by atoms with E-state index in [1.54, 1.807) is 7.11 Å². The van der Waals surface area contributed by atoms with Crippen LogP contribution in [0, 0.1) is 0 Å². The molecule has 2 aliphatic heterocycles. The van der Waals surface area contributed by atoms with Crippen LogP contribution in [-0.4, -0.2) is 37.2 Å². The number of halogens is 1. The molecule has 0 aliphatic carbocycles. The van der Waals surface area contributed by atoms with Crippen molar-refractivity contribution in [2.45, 2.75) is 37.9 Å². The van der Waals surface area contributed by atoms with Crippen LogP contribution in [0.1, 0.15) is 24.8 Å². The Morgan fingerprint density at radius 3 is 2.63 bits per heavy atom. The van der Waals surface area contributed by atoms with Crippen molar-refractivity contribution >= 4 is 12.4 Å². The fraction of sp³-hybridized carbons (Fsp3) is 0.600. The Labute approximate surface area is 121 Å². The number of ether oxygens (including phenoxy) is 1. The molecule has 2 heterocycles. The summed E-state index contributed by atoms with van der Waals surface area (Å²) in [4.78, 5) is 2.58. The highest BCUT2D eigenvalue weighted by atomic mass is 35.5. The van der Waals surface area contributed by atoms with E-state index in [-0.39, 0.29) is 12.4 Å². The Hall–Kier alpha value is -0.770. The first-order chi connectivity index (χ1) is 8.83. The highest BCUT2D eigenvalue weighted by Crippen LogP contribution is 2.22. The second-order valence-corrected chi connectivity index (χ2v) is 5.51. The molecular weight excluding hydrogens is 260 g/mol. The van der Waals surface area contributed by atoms with E-state index in [0.29, 0.717) is 0 Å². The van der Waals surface area contributed by atoms with Gasteiger partial charge in [0.15, 0.2) is 0 Å². The number of rotatable bonds is 3. The molecule has 1 N–H and O–H groups in total. The highest BCUT2D eigenvalue weighted by molar-refractivity contribution is 5.85. The summed E-state index contributed by atoms with van der Waals surface area (Å²) in [7, 11) is 1.71. The van der Waals surface area contributed by atoms with Crippen LogP contribution in [0.4, 0.5) is 0 Å². The Morgan fingerprint density at radius 1 is 1.16 bits per heavy atom. The molecule has 2 aliphatic rings. The van der Waals surface area contributed by atoms with Gasteiger partial charge >= 0.3 is 0 Å². The van der Waals surface area contributed by atoms with Crippen molar-refractivity contribution in [2.75, 3.05) is 20.2 Å². The van der Waals surface area contributed by atoms with E-state index in [4.69, 9.17) is 4.74 Å². The molecule has 0 amide bonds. The SMILES string of the molecule is COc1ccc(CN2CCC3CCC(C2)N3)cc1.Cl. The maximum atomic E-state index is 5.20. The van der Waals surface area contributed by atoms with Crippen LogP contribution in [-0.2, 0) is 6.54 Å². The van der Waals surface area contributed by atoms with Crippen LogP contribution < -0.4 is 10.1 Å². The number of nitrogens with zero attached hydrogens (tertiary/aromatic N) is 1. The van der Waals surface area contributed by atoms with Crippen LogP contribution in [0.3, 0.4) is 0 Å². The molecule has 4 heteroatoms. The number of nitrogens with one attached hydrogen (secondary N) is 1. The summed E-state index contributed by atoms with van der Waals surface area (Å²) in [6, 6.07) is 9.95. The van der Waals surface area contributed by atoms with Gasteiger partial charge in [-0.05, 0) is 37.0 Å². The van der Waals surface area contributed by atoms with Crippen molar-refractivity contribution in [2.24, 2.45) is 0 Å². The number of benzene rings is 1. The average Bonchev–Trinajstić information content (AvgIpc) is 2.74. The summed E-state index contributed by atoms with van der Waals surface area (Å²) in [5.74, 6) is 0.940. The summed E-state index contributed by atoms with van der Waals surface area (Å²) in [6.07, 6.45) is 4.03. The maximum Gasteiger partial charge on any atom is 0.118 e. The normalized spacial score (nSPS) is 26.6. The third-order valence-corrected chi connectivity index (χ3v) is 4.17. The van der Waals surface area contributed by atoms with Gasteiger partial charge in [-0.15, -0.1) is 12.4 Å². The number of hydrogen-bond donors (Lipinski definition) is 1. The monoisotopic (exact) mass is 282 g/mol. The molecule has 2 unspecified atom stereocenters. The third-order valence-electron chi connectivity index (χ3n) is 4.17. The molecule has 2 atom stereocenters. The molecule has 1 aromatic rings. The van der Waals surface area contributed by atoms with Gasteiger partial charge in [0.05, 0.1) is 7.11 Å². The van der Waals surface area contributed by atoms with E-state index in [9.17, 15) is 0 Å². The van der Waals surface area contributed by atoms with E-state index >= 15 is 0 Å². The van der Waals surface area contributed by atoms with Crippen LogP contribution in [0.25, 0.3) is 0 Å². The van der Waals surface area contributed by atoms with Gasteiger partial charge in [-0.1, -0.05) is 12.1 Å². The molecule has 1 aromatic carbocycles. The van der Waals surface area contributed by atoms with Gasteiger partial charge in [0.2, 0.25) is 0 Å². The molecule has 0 saturated carbocycles. The molecule has 3 rings (SSSR count). The molecule has 2 bridgehead atoms. The van der Waals surface area contributed by atoms with E-state index < -0.39 is 0 Å². The first kappa shape index (κ1) is 14.6. The molecule has 19 heavy (non-hydrogen) atoms. The van der Waals surface area contributed by atoms with Crippen LogP contribution in [0.2, 0.25) is 0 Å². The van der Waals surface area contributed by atoms with Crippen molar-refractivity contribution < 1.29 is 4.74 Å². The third kappa shape index (κ3) is 3.62. The Balaban J connectivity index is 0.00000133. The zero-order valence-corrected chi connectivity index (χ0v) is 12.3. The minimum absolute atomic E-state index is 0. The maximum absolute atomic E-state index is 5.20. The van der Waals surface area contributed by atoms with Gasteiger partial charge in [0, 0.05) is 31.7 Å². The molecule has 0 spiro atoms. The van der Waals surface area contributed by atoms with Gasteiger partial charge < -0.3 is 10.1 Å². The first-order valence-corrected chi connectivity index (χ1v) is 6.95. The van der Waals surface area contributed by atoms with Crippen LogP contribution >= 0.6 is 12.4 Å². The fourth-order valence-electron chi connectivity index (χ4n) is 3.15. The van der Waals surface area contributed by atoms with Gasteiger partial charge in [0.25, 0.3) is 0 Å². The van der Waals surface area contributed by atoms with E-state index in [1.807, 2.05) is 0 Å². The minimum atomic E-state index is 0. The second kappa shape index (κ2) is 6.60. The first-order valence-electron chi connectivity index (χ1n) is 6.95. The topological polar surface area (TPSA) is 24.5 Å². The number of methoxy groups -OCH3 is 1. The van der Waals surface area contributed by atoms with Crippen molar-refractivity contribution in [3.63, 3.8) is 0 Å². The van der Waals surface area contributed by atoms with Crippen LogP contribution in [0.5, 0.6) is 5.75 Å². The van der Waals surface area contributed by atoms with Crippen molar-refractivity contribution in [1.29, 1.82) is 0 Å². The predicted octanol–water partition coefficient (Wildman–Crippen LogP) is 2.44. The molecule has 0 aromatic heterocycles. The molecule has 106 valence electrons. The van der Waals surface area contributed by atoms with E-state index in [1.165, 1.54) is 37.9 Å². The van der Waals surface area contributed by atoms with Crippen LogP contribution in [0.15, 0.2) is 24.3 Å². The van der Waals surface area contributed by atoms with E-state index in [2.05, 4.69) is 34.5 Å². The minimum Gasteiger partial charge on any atom is -0.497 e. The number of fused-ring (bicyclic) bond motifs is 2. The highest BCUT2D eigenvalue weighted by Gasteiger charge is 2.28. The predicted molar refractivity (Wildman–Crippen MR) is 80.1 cm³/mol. The van der Waals surface area contributed by atoms with Crippen molar-refractivity contribution in [3.05, 3.63) is 29.8 Å². The summed E-state index contributed by atoms with van der Waals surface area (Å²) in [6.45, 7) is 3.48. The largest absolute Gasteiger partial charge is 0.497 e. The summed E-state index contributed by atoms with van der Waals surface area (Å²) in [5, 5.41) is 3.73. The number of hydrogen-bond acceptors (Lipinski definition) is 3. The fourth-order valence-corrected chi connectivity index (χ4v) is 3.15. The standard InChI is InChI=1S/C15H22N2O.ClH/c1-18-15-6-2-12(3-7-15)10-17-9-8-13-4-5-14(11-17)16-13;/h2-3,6-7,13-14,16H,4-5,8-11H2,1H3;1H. The Bertz CT molecular complexity index is 396. The smallest absolute Gasteiger partial charge is 0.118 e. The molecule has 2 fully saturated rings. The lowest BCUT2D eigenvalue weighted by molar-refractivity contribution is 0.251. The Kier molecular flexibility index (Phi) is 5.08.